The lowest BCUT2D eigenvalue weighted by atomic mass is 10.1. The third kappa shape index (κ3) is 4.95. The summed E-state index contributed by atoms with van der Waals surface area (Å²) in [5, 5.41) is 17.5. The Kier molecular flexibility index (Phi) is 6.02. The van der Waals surface area contributed by atoms with Crippen LogP contribution in [0.4, 0.5) is 11.5 Å². The van der Waals surface area contributed by atoms with Gasteiger partial charge < -0.3 is 14.9 Å². The highest BCUT2D eigenvalue weighted by Crippen LogP contribution is 2.22. The summed E-state index contributed by atoms with van der Waals surface area (Å²) in [5.74, 6) is 0.859. The third-order valence-corrected chi connectivity index (χ3v) is 4.17. The van der Waals surface area contributed by atoms with E-state index in [1.807, 2.05) is 33.8 Å². The zero-order valence-corrected chi connectivity index (χ0v) is 15.3. The second kappa shape index (κ2) is 8.01. The Hall–Kier alpha value is -2.56. The largest absolute Gasteiger partial charge is 0.569 e. The maximum absolute atomic E-state index is 12.1. The zero-order valence-electron chi connectivity index (χ0n) is 15.3. The first-order valence-corrected chi connectivity index (χ1v) is 8.55. The molecule has 1 aliphatic heterocycles. The highest BCUT2D eigenvalue weighted by Gasteiger charge is 2.28. The van der Waals surface area contributed by atoms with Gasteiger partial charge in [0.05, 0.1) is 23.6 Å². The monoisotopic (exact) mass is 346 g/mol. The van der Waals surface area contributed by atoms with Crippen molar-refractivity contribution in [2.75, 3.05) is 24.5 Å². The van der Waals surface area contributed by atoms with Gasteiger partial charge in [0.25, 0.3) is 0 Å². The molecule has 0 aliphatic carbocycles. The van der Waals surface area contributed by atoms with Crippen LogP contribution >= 0.6 is 0 Å². The minimum Gasteiger partial charge on any atom is -0.569 e. The summed E-state index contributed by atoms with van der Waals surface area (Å²) in [5.41, 5.74) is 0.228. The number of hydrogen-bond acceptors (Lipinski definition) is 5. The molecule has 2 heterocycles. The number of hydrogen-bond donors (Lipinski definition) is 0. The molecule has 0 amide bonds. The van der Waals surface area contributed by atoms with E-state index in [-0.39, 0.29) is 11.6 Å². The van der Waals surface area contributed by atoms with Gasteiger partial charge >= 0.3 is 0 Å². The molecule has 8 heteroatoms. The second-order valence-corrected chi connectivity index (χ2v) is 7.00. The number of anilines is 1. The molecule has 0 unspecified atom stereocenters. The van der Waals surface area contributed by atoms with Crippen LogP contribution in [0.25, 0.3) is 4.85 Å². The molecule has 2 rings (SSSR count). The van der Waals surface area contributed by atoms with Gasteiger partial charge in [0.15, 0.2) is 0 Å². The molecular formula is C17H26N6O2. The molecule has 0 atom stereocenters. The van der Waals surface area contributed by atoms with Crippen molar-refractivity contribution in [3.63, 3.8) is 0 Å². The zero-order chi connectivity index (χ0) is 18.4. The number of aromatic nitrogens is 1. The molecule has 8 nitrogen and oxygen atoms in total. The van der Waals surface area contributed by atoms with Gasteiger partial charge in [-0.15, -0.1) is 5.01 Å². The number of rotatable bonds is 5. The van der Waals surface area contributed by atoms with Gasteiger partial charge in [0.2, 0.25) is 11.0 Å². The van der Waals surface area contributed by atoms with Crippen molar-refractivity contribution >= 4 is 11.5 Å². The summed E-state index contributed by atoms with van der Waals surface area (Å²) in [7, 11) is 0. The van der Waals surface area contributed by atoms with Crippen LogP contribution < -0.4 is 4.90 Å². The third-order valence-electron chi connectivity index (χ3n) is 4.17. The SMILES string of the molecule is [C-]#[N+]c1ccc(N2CCC(O/N=[N+](/[O-])N(CC)C(C)(C)C)CC2)nc1. The first-order valence-electron chi connectivity index (χ1n) is 8.55. The van der Waals surface area contributed by atoms with Gasteiger partial charge in [-0.2, -0.15) is 0 Å². The molecule has 0 spiro atoms. The van der Waals surface area contributed by atoms with Crippen LogP contribution in [0, 0.1) is 11.8 Å². The summed E-state index contributed by atoms with van der Waals surface area (Å²) in [6.45, 7) is 16.9. The highest BCUT2D eigenvalue weighted by atomic mass is 16.7. The standard InChI is InChI=1S/C17H26N6O2/c1-6-22(17(2,3)4)23(24)20-25-15-9-11-21(12-10-15)16-8-7-14(18-5)13-19-16/h7-8,13,15H,6,9-12H2,1-4H3/b23-20+. The molecule has 1 saturated heterocycles. The molecule has 136 valence electrons. The van der Waals surface area contributed by atoms with Crippen molar-refractivity contribution in [3.8, 4) is 0 Å². The van der Waals surface area contributed by atoms with Crippen molar-refractivity contribution in [1.82, 2.24) is 9.99 Å². The number of hydrazine groups is 1. The van der Waals surface area contributed by atoms with Gasteiger partial charge in [0, 0.05) is 32.1 Å². The minimum atomic E-state index is -0.310. The van der Waals surface area contributed by atoms with E-state index in [0.29, 0.717) is 17.2 Å². The fraction of sp³-hybridized carbons (Fsp3) is 0.647. The summed E-state index contributed by atoms with van der Waals surface area (Å²) in [6, 6.07) is 3.63. The van der Waals surface area contributed by atoms with Gasteiger partial charge in [0.1, 0.15) is 11.9 Å². The van der Waals surface area contributed by atoms with Crippen molar-refractivity contribution in [2.45, 2.75) is 52.2 Å². The van der Waals surface area contributed by atoms with E-state index in [0.717, 1.165) is 31.7 Å². The first-order chi connectivity index (χ1) is 11.8. The molecular weight excluding hydrogens is 320 g/mol. The predicted molar refractivity (Wildman–Crippen MR) is 95.0 cm³/mol. The summed E-state index contributed by atoms with van der Waals surface area (Å²) < 4.78 is 0. The first kappa shape index (κ1) is 18.8. The average molecular weight is 346 g/mol. The topological polar surface area (TPSA) is 71.4 Å². The molecule has 0 bridgehead atoms. The summed E-state index contributed by atoms with van der Waals surface area (Å²) in [6.07, 6.45) is 3.05. The molecule has 0 saturated carbocycles. The van der Waals surface area contributed by atoms with Crippen LogP contribution in [0.5, 0.6) is 0 Å². The van der Waals surface area contributed by atoms with Crippen LogP contribution in [0.2, 0.25) is 0 Å². The Morgan fingerprint density at radius 2 is 2.12 bits per heavy atom. The van der Waals surface area contributed by atoms with E-state index in [1.54, 1.807) is 17.3 Å². The molecule has 25 heavy (non-hydrogen) atoms. The summed E-state index contributed by atoms with van der Waals surface area (Å²) in [4.78, 5) is 15.8. The average Bonchev–Trinajstić information content (AvgIpc) is 2.60. The Bertz CT molecular complexity index is 624. The van der Waals surface area contributed by atoms with Crippen molar-refractivity contribution in [3.05, 3.63) is 35.0 Å². The Morgan fingerprint density at radius 1 is 1.44 bits per heavy atom. The number of pyridine rings is 1. The number of piperidine rings is 1. The molecule has 1 fully saturated rings. The van der Waals surface area contributed by atoms with E-state index in [1.165, 1.54) is 0 Å². The van der Waals surface area contributed by atoms with Crippen molar-refractivity contribution < 1.29 is 9.81 Å². The lowest BCUT2D eigenvalue weighted by Crippen LogP contribution is -2.45. The predicted octanol–water partition coefficient (Wildman–Crippen LogP) is 3.53. The van der Waals surface area contributed by atoms with Gasteiger partial charge in [-0.3, -0.25) is 4.98 Å². The fourth-order valence-corrected chi connectivity index (χ4v) is 2.82. The van der Waals surface area contributed by atoms with Crippen LogP contribution in [0.1, 0.15) is 40.5 Å². The van der Waals surface area contributed by atoms with Gasteiger partial charge in [-0.1, -0.05) is 6.07 Å². The van der Waals surface area contributed by atoms with Crippen LogP contribution in [-0.2, 0) is 4.84 Å². The molecule has 0 N–H and O–H groups in total. The normalized spacial score (nSPS) is 16.4. The second-order valence-electron chi connectivity index (χ2n) is 7.00. The van der Waals surface area contributed by atoms with Crippen LogP contribution in [0.15, 0.2) is 23.6 Å². The van der Waals surface area contributed by atoms with Gasteiger partial charge in [-0.05, 0) is 33.8 Å². The maximum atomic E-state index is 12.1. The quantitative estimate of drug-likeness (QED) is 0.353. The lowest BCUT2D eigenvalue weighted by Gasteiger charge is -2.32. The molecule has 1 aliphatic rings. The number of nitrogens with zero attached hydrogens (tertiary/aromatic N) is 6. The highest BCUT2D eigenvalue weighted by molar-refractivity contribution is 5.49. The maximum Gasteiger partial charge on any atom is 0.233 e. The van der Waals surface area contributed by atoms with Crippen LogP contribution in [0.3, 0.4) is 0 Å². The van der Waals surface area contributed by atoms with Gasteiger partial charge in [-0.25, -0.2) is 4.85 Å². The lowest BCUT2D eigenvalue weighted by molar-refractivity contribution is -0.725. The van der Waals surface area contributed by atoms with E-state index >= 15 is 0 Å². The minimum absolute atomic E-state index is 0.0751. The van der Waals surface area contributed by atoms with Crippen molar-refractivity contribution in [1.29, 1.82) is 0 Å². The molecule has 1 aromatic heterocycles. The van der Waals surface area contributed by atoms with Crippen LogP contribution in [-0.4, -0.2) is 46.2 Å². The Labute approximate surface area is 149 Å². The molecule has 1 aromatic rings. The van der Waals surface area contributed by atoms with Crippen molar-refractivity contribution in [2.24, 2.45) is 5.28 Å². The molecule has 0 aromatic carbocycles. The fourth-order valence-electron chi connectivity index (χ4n) is 2.82. The van der Waals surface area contributed by atoms with E-state index in [4.69, 9.17) is 11.4 Å². The molecule has 0 radical (unpaired) electrons. The summed E-state index contributed by atoms with van der Waals surface area (Å²) >= 11 is 0. The smallest absolute Gasteiger partial charge is 0.233 e. The van der Waals surface area contributed by atoms with E-state index in [2.05, 4.69) is 20.0 Å². The van der Waals surface area contributed by atoms with E-state index in [9.17, 15) is 5.21 Å². The Morgan fingerprint density at radius 3 is 2.60 bits per heavy atom. The Balaban J connectivity index is 1.87. The van der Waals surface area contributed by atoms with E-state index < -0.39 is 0 Å².